The van der Waals surface area contributed by atoms with Gasteiger partial charge in [-0.1, -0.05) is 24.3 Å². The molecule has 122 valence electrons. The van der Waals surface area contributed by atoms with Gasteiger partial charge >= 0.3 is 0 Å². The van der Waals surface area contributed by atoms with E-state index < -0.39 is 0 Å². The second-order valence-electron chi connectivity index (χ2n) is 5.68. The van der Waals surface area contributed by atoms with Crippen LogP contribution in [-0.2, 0) is 4.74 Å². The maximum atomic E-state index is 5.84. The van der Waals surface area contributed by atoms with Crippen molar-refractivity contribution in [2.75, 3.05) is 30.3 Å². The average molecular weight is 312 g/mol. The van der Waals surface area contributed by atoms with Crippen LogP contribution in [0, 0.1) is 0 Å². The molecule has 23 heavy (non-hydrogen) atoms. The van der Waals surface area contributed by atoms with Crippen LogP contribution in [0.5, 0.6) is 0 Å². The minimum Gasteiger partial charge on any atom is -0.383 e. The van der Waals surface area contributed by atoms with E-state index in [0.29, 0.717) is 6.54 Å². The molecule has 0 saturated carbocycles. The van der Waals surface area contributed by atoms with Gasteiger partial charge in [0.15, 0.2) is 0 Å². The molecule has 5 N–H and O–H groups in total. The van der Waals surface area contributed by atoms with Gasteiger partial charge in [-0.2, -0.15) is 0 Å². The van der Waals surface area contributed by atoms with Crippen LogP contribution in [0.1, 0.15) is 24.5 Å². The van der Waals surface area contributed by atoms with Crippen molar-refractivity contribution < 1.29 is 4.74 Å². The highest BCUT2D eigenvalue weighted by Crippen LogP contribution is 2.35. The highest BCUT2D eigenvalue weighted by Gasteiger charge is 2.20. The number of hydrogen-bond acceptors (Lipinski definition) is 5. The lowest BCUT2D eigenvalue weighted by atomic mass is 10.0. The van der Waals surface area contributed by atoms with Crippen LogP contribution in [0.25, 0.3) is 0 Å². The molecule has 0 aliphatic carbocycles. The van der Waals surface area contributed by atoms with Gasteiger partial charge in [0.2, 0.25) is 0 Å². The van der Waals surface area contributed by atoms with Crippen LogP contribution < -0.4 is 21.9 Å². The largest absolute Gasteiger partial charge is 0.383 e. The standard InChI is InChI=1S/C18H24N4O/c19-21-11-10-20-17-13-15(22-14-5-2-1-3-6-14)8-9-16(17)18-7-4-12-23-18/h1-3,5-6,8-9,13,18,20-22H,4,7,10-12,19H2. The van der Waals surface area contributed by atoms with E-state index in [9.17, 15) is 0 Å². The Morgan fingerprint density at radius 3 is 2.65 bits per heavy atom. The van der Waals surface area contributed by atoms with E-state index in [4.69, 9.17) is 10.6 Å². The number of ether oxygens (including phenoxy) is 1. The fraction of sp³-hybridized carbons (Fsp3) is 0.333. The van der Waals surface area contributed by atoms with Crippen molar-refractivity contribution in [1.82, 2.24) is 5.43 Å². The Hall–Kier alpha value is -2.08. The summed E-state index contributed by atoms with van der Waals surface area (Å²) >= 11 is 0. The molecule has 5 heteroatoms. The summed E-state index contributed by atoms with van der Waals surface area (Å²) in [6, 6.07) is 16.6. The van der Waals surface area contributed by atoms with Crippen molar-refractivity contribution >= 4 is 17.1 Å². The molecule has 1 unspecified atom stereocenters. The molecule has 0 radical (unpaired) electrons. The maximum absolute atomic E-state index is 5.84. The summed E-state index contributed by atoms with van der Waals surface area (Å²) in [6.45, 7) is 2.32. The van der Waals surface area contributed by atoms with E-state index >= 15 is 0 Å². The predicted molar refractivity (Wildman–Crippen MR) is 94.8 cm³/mol. The number of rotatable bonds is 7. The third-order valence-electron chi connectivity index (χ3n) is 3.98. The van der Waals surface area contributed by atoms with Crippen molar-refractivity contribution in [1.29, 1.82) is 0 Å². The highest BCUT2D eigenvalue weighted by molar-refractivity contribution is 5.67. The zero-order chi connectivity index (χ0) is 15.9. The molecule has 0 amide bonds. The van der Waals surface area contributed by atoms with Gasteiger partial charge in [-0.15, -0.1) is 0 Å². The van der Waals surface area contributed by atoms with E-state index in [1.807, 2.05) is 18.2 Å². The Balaban J connectivity index is 1.79. The number of anilines is 3. The van der Waals surface area contributed by atoms with E-state index in [2.05, 4.69) is 46.4 Å². The SMILES string of the molecule is NNCCNc1cc(Nc2ccccc2)ccc1C1CCCO1. The molecular formula is C18H24N4O. The smallest absolute Gasteiger partial charge is 0.0845 e. The Kier molecular flexibility index (Phi) is 5.47. The van der Waals surface area contributed by atoms with E-state index in [1.165, 1.54) is 5.56 Å². The summed E-state index contributed by atoms with van der Waals surface area (Å²) in [4.78, 5) is 0. The third kappa shape index (κ3) is 4.22. The number of benzene rings is 2. The van der Waals surface area contributed by atoms with E-state index in [1.54, 1.807) is 0 Å². The minimum absolute atomic E-state index is 0.189. The molecule has 1 fully saturated rings. The van der Waals surface area contributed by atoms with Gasteiger partial charge in [-0.05, 0) is 37.1 Å². The first-order valence-electron chi connectivity index (χ1n) is 8.12. The van der Waals surface area contributed by atoms with Crippen LogP contribution in [0.3, 0.4) is 0 Å². The Bertz CT molecular complexity index is 612. The molecule has 0 spiro atoms. The van der Waals surface area contributed by atoms with Crippen LogP contribution >= 0.6 is 0 Å². The first kappa shape index (κ1) is 15.8. The van der Waals surface area contributed by atoms with Crippen LogP contribution in [0.15, 0.2) is 48.5 Å². The number of hydrogen-bond donors (Lipinski definition) is 4. The number of nitrogens with two attached hydrogens (primary N) is 1. The van der Waals surface area contributed by atoms with Gasteiger partial charge in [-0.25, -0.2) is 0 Å². The van der Waals surface area contributed by atoms with Crippen molar-refractivity contribution in [3.8, 4) is 0 Å². The Morgan fingerprint density at radius 2 is 1.91 bits per heavy atom. The predicted octanol–water partition coefficient (Wildman–Crippen LogP) is 3.16. The summed E-state index contributed by atoms with van der Waals surface area (Å²) in [7, 11) is 0. The normalized spacial score (nSPS) is 17.2. The Labute approximate surface area is 137 Å². The van der Waals surface area contributed by atoms with Crippen molar-refractivity contribution in [3.63, 3.8) is 0 Å². The summed E-state index contributed by atoms with van der Waals surface area (Å²) < 4.78 is 5.84. The number of nitrogens with one attached hydrogen (secondary N) is 3. The van der Waals surface area contributed by atoms with E-state index in [0.717, 1.165) is 43.1 Å². The maximum Gasteiger partial charge on any atom is 0.0845 e. The average Bonchev–Trinajstić information content (AvgIpc) is 3.11. The third-order valence-corrected chi connectivity index (χ3v) is 3.98. The molecule has 5 nitrogen and oxygen atoms in total. The molecule has 1 atom stereocenters. The molecule has 1 heterocycles. The van der Waals surface area contributed by atoms with Crippen LogP contribution in [0.2, 0.25) is 0 Å². The quantitative estimate of drug-likeness (QED) is 0.359. The van der Waals surface area contributed by atoms with Gasteiger partial charge in [0.05, 0.1) is 6.10 Å². The highest BCUT2D eigenvalue weighted by atomic mass is 16.5. The van der Waals surface area contributed by atoms with E-state index in [-0.39, 0.29) is 6.10 Å². The molecule has 1 aliphatic rings. The number of hydrazine groups is 1. The molecular weight excluding hydrogens is 288 g/mol. The van der Waals surface area contributed by atoms with Crippen molar-refractivity contribution in [3.05, 3.63) is 54.1 Å². The lowest BCUT2D eigenvalue weighted by molar-refractivity contribution is 0.112. The van der Waals surface area contributed by atoms with Crippen molar-refractivity contribution in [2.45, 2.75) is 18.9 Å². The van der Waals surface area contributed by atoms with Gasteiger partial charge in [0.1, 0.15) is 0 Å². The monoisotopic (exact) mass is 312 g/mol. The molecule has 2 aromatic rings. The fourth-order valence-corrected chi connectivity index (χ4v) is 2.85. The first-order valence-corrected chi connectivity index (χ1v) is 8.12. The Morgan fingerprint density at radius 1 is 1.04 bits per heavy atom. The van der Waals surface area contributed by atoms with Gasteiger partial charge in [0, 0.05) is 42.3 Å². The van der Waals surface area contributed by atoms with Crippen molar-refractivity contribution in [2.24, 2.45) is 5.84 Å². The van der Waals surface area contributed by atoms with Crippen LogP contribution in [-0.4, -0.2) is 19.7 Å². The molecule has 1 aliphatic heterocycles. The molecule has 0 aromatic heterocycles. The second-order valence-corrected chi connectivity index (χ2v) is 5.68. The topological polar surface area (TPSA) is 71.3 Å². The second kappa shape index (κ2) is 7.97. The number of para-hydroxylation sites is 1. The van der Waals surface area contributed by atoms with Gasteiger partial charge in [0.25, 0.3) is 0 Å². The lowest BCUT2D eigenvalue weighted by Gasteiger charge is -2.18. The summed E-state index contributed by atoms with van der Waals surface area (Å²) in [5.74, 6) is 5.36. The zero-order valence-electron chi connectivity index (χ0n) is 13.2. The molecule has 1 saturated heterocycles. The summed E-state index contributed by atoms with van der Waals surface area (Å²) in [6.07, 6.45) is 2.39. The van der Waals surface area contributed by atoms with Gasteiger partial charge in [-0.3, -0.25) is 11.3 Å². The summed E-state index contributed by atoms with van der Waals surface area (Å²) in [5, 5.41) is 6.89. The molecule has 0 bridgehead atoms. The molecule has 3 rings (SSSR count). The first-order chi connectivity index (χ1) is 11.4. The molecule has 2 aromatic carbocycles. The zero-order valence-corrected chi connectivity index (χ0v) is 13.2. The lowest BCUT2D eigenvalue weighted by Crippen LogP contribution is -2.28. The summed E-state index contributed by atoms with van der Waals surface area (Å²) in [5.41, 5.74) is 7.13. The minimum atomic E-state index is 0.189. The fourth-order valence-electron chi connectivity index (χ4n) is 2.85. The van der Waals surface area contributed by atoms with Crippen LogP contribution in [0.4, 0.5) is 17.1 Å². The van der Waals surface area contributed by atoms with Gasteiger partial charge < -0.3 is 15.4 Å².